The van der Waals surface area contributed by atoms with Crippen molar-refractivity contribution in [2.75, 3.05) is 0 Å². The van der Waals surface area contributed by atoms with Crippen LogP contribution in [0.3, 0.4) is 0 Å². The van der Waals surface area contributed by atoms with Crippen molar-refractivity contribution in [2.24, 2.45) is 0 Å². The van der Waals surface area contributed by atoms with E-state index in [1.165, 1.54) is 12.1 Å². The van der Waals surface area contributed by atoms with Gasteiger partial charge in [-0.2, -0.15) is 0 Å². The molecule has 39 heavy (non-hydrogen) atoms. The number of cyclic esters (lactones) is 1. The van der Waals surface area contributed by atoms with Gasteiger partial charge in [-0.3, -0.25) is 14.9 Å². The maximum atomic E-state index is 13.3. The minimum Gasteiger partial charge on any atom is -0.506 e. The molecule has 0 bridgehead atoms. The highest BCUT2D eigenvalue weighted by Gasteiger charge is 2.40. The first-order chi connectivity index (χ1) is 18.7. The maximum absolute atomic E-state index is 13.3. The zero-order chi connectivity index (χ0) is 27.8. The molecule has 1 aliphatic heterocycles. The number of esters is 1. The zero-order valence-corrected chi connectivity index (χ0v) is 21.3. The standard InChI is InChI=1S/C29H22ClNO8/c1-14-24(31-20(27(34)35)11-15-7-3-2-4-8-15)22-19(30)13-18(26(33)23(22)29(37)38-14)25(32)21-12-16-9-5-6-10-17(16)28(36)39-21/h2-10,12-14,20,24,31,33H,11H2,1H3,(H,34,35)/t14?,20-,24?/m1/s1. The molecule has 9 nitrogen and oxygen atoms in total. The normalized spacial score (nSPS) is 17.3. The number of halogens is 1. The van der Waals surface area contributed by atoms with E-state index in [2.05, 4.69) is 5.32 Å². The molecule has 3 aromatic carbocycles. The second-order valence-corrected chi connectivity index (χ2v) is 9.60. The molecule has 4 aromatic rings. The molecule has 3 atom stereocenters. The second-order valence-electron chi connectivity index (χ2n) is 9.19. The number of hydrogen-bond donors (Lipinski definition) is 3. The quantitative estimate of drug-likeness (QED) is 0.228. The van der Waals surface area contributed by atoms with E-state index < -0.39 is 47.3 Å². The van der Waals surface area contributed by atoms with Crippen molar-refractivity contribution in [1.29, 1.82) is 0 Å². The predicted octanol–water partition coefficient (Wildman–Crippen LogP) is 4.27. The SMILES string of the molecule is CC1OC(=O)c2c(O)c(C(=O)c3cc4ccccc4c(=O)o3)cc(Cl)c2C1N[C@H](Cc1ccccc1)C(=O)O. The molecule has 5 rings (SSSR count). The van der Waals surface area contributed by atoms with Crippen molar-refractivity contribution in [3.63, 3.8) is 0 Å². The molecule has 1 aromatic heterocycles. The van der Waals surface area contributed by atoms with Crippen LogP contribution in [0.25, 0.3) is 10.8 Å². The summed E-state index contributed by atoms with van der Waals surface area (Å²) in [6.07, 6.45) is -0.719. The molecule has 0 saturated heterocycles. The summed E-state index contributed by atoms with van der Waals surface area (Å²) in [5.41, 5.74) is -0.607. The van der Waals surface area contributed by atoms with E-state index >= 15 is 0 Å². The Balaban J connectivity index is 1.55. The van der Waals surface area contributed by atoms with E-state index in [0.717, 1.165) is 5.56 Å². The van der Waals surface area contributed by atoms with Gasteiger partial charge in [-0.25, -0.2) is 9.59 Å². The molecular formula is C29H22ClNO8. The third-order valence-corrected chi connectivity index (χ3v) is 6.98. The van der Waals surface area contributed by atoms with E-state index in [1.54, 1.807) is 55.5 Å². The van der Waals surface area contributed by atoms with Gasteiger partial charge in [0.15, 0.2) is 5.76 Å². The highest BCUT2D eigenvalue weighted by Crippen LogP contribution is 2.42. The first-order valence-corrected chi connectivity index (χ1v) is 12.4. The number of ether oxygens (including phenoxy) is 1. The van der Waals surface area contributed by atoms with Crippen molar-refractivity contribution in [2.45, 2.75) is 31.5 Å². The summed E-state index contributed by atoms with van der Waals surface area (Å²) in [5.74, 6) is -4.01. The molecular weight excluding hydrogens is 526 g/mol. The van der Waals surface area contributed by atoms with Gasteiger partial charge in [0, 0.05) is 10.6 Å². The Labute approximate surface area is 226 Å². The summed E-state index contributed by atoms with van der Waals surface area (Å²) in [6.45, 7) is 1.57. The van der Waals surface area contributed by atoms with Gasteiger partial charge < -0.3 is 19.4 Å². The Kier molecular flexibility index (Phi) is 6.94. The highest BCUT2D eigenvalue weighted by atomic mass is 35.5. The summed E-state index contributed by atoms with van der Waals surface area (Å²) in [4.78, 5) is 50.7. The number of nitrogens with one attached hydrogen (secondary N) is 1. The van der Waals surface area contributed by atoms with Crippen molar-refractivity contribution in [3.05, 3.63) is 110 Å². The number of phenolic OH excluding ortho intramolecular Hbond substituents is 1. The van der Waals surface area contributed by atoms with Crippen LogP contribution in [-0.2, 0) is 16.0 Å². The number of fused-ring (bicyclic) bond motifs is 2. The van der Waals surface area contributed by atoms with Crippen LogP contribution in [0.2, 0.25) is 5.02 Å². The molecule has 0 amide bonds. The van der Waals surface area contributed by atoms with E-state index in [1.807, 2.05) is 6.07 Å². The molecule has 0 aliphatic carbocycles. The molecule has 2 heterocycles. The number of carbonyl (C=O) groups is 3. The number of aromatic hydroxyl groups is 1. The van der Waals surface area contributed by atoms with Crippen LogP contribution in [0.5, 0.6) is 5.75 Å². The number of carbonyl (C=O) groups excluding carboxylic acids is 2. The van der Waals surface area contributed by atoms with Crippen LogP contribution in [0.4, 0.5) is 0 Å². The molecule has 0 radical (unpaired) electrons. The lowest BCUT2D eigenvalue weighted by Gasteiger charge is -2.34. The van der Waals surface area contributed by atoms with E-state index in [0.29, 0.717) is 5.39 Å². The van der Waals surface area contributed by atoms with Gasteiger partial charge in [-0.05, 0) is 42.5 Å². The van der Waals surface area contributed by atoms with Crippen molar-refractivity contribution in [3.8, 4) is 5.75 Å². The average Bonchev–Trinajstić information content (AvgIpc) is 2.91. The lowest BCUT2D eigenvalue weighted by Crippen LogP contribution is -2.47. The Bertz CT molecular complexity index is 1680. The molecule has 2 unspecified atom stereocenters. The van der Waals surface area contributed by atoms with Gasteiger partial charge >= 0.3 is 17.6 Å². The highest BCUT2D eigenvalue weighted by molar-refractivity contribution is 6.33. The number of rotatable bonds is 7. The maximum Gasteiger partial charge on any atom is 0.344 e. The van der Waals surface area contributed by atoms with Crippen LogP contribution in [-0.4, -0.2) is 40.1 Å². The monoisotopic (exact) mass is 547 g/mol. The Morgan fingerprint density at radius 1 is 1.05 bits per heavy atom. The second kappa shape index (κ2) is 10.4. The number of aliphatic carboxylic acids is 1. The molecule has 0 spiro atoms. The molecule has 0 saturated carbocycles. The van der Waals surface area contributed by atoms with Gasteiger partial charge in [0.05, 0.1) is 17.0 Å². The summed E-state index contributed by atoms with van der Waals surface area (Å²) < 4.78 is 10.6. The van der Waals surface area contributed by atoms with Crippen LogP contribution < -0.4 is 10.9 Å². The third-order valence-electron chi connectivity index (χ3n) is 6.67. The minimum absolute atomic E-state index is 0.0702. The van der Waals surface area contributed by atoms with Gasteiger partial charge in [0.2, 0.25) is 5.78 Å². The third kappa shape index (κ3) is 4.89. The van der Waals surface area contributed by atoms with Crippen molar-refractivity contribution < 1.29 is 33.8 Å². The predicted molar refractivity (Wildman–Crippen MR) is 141 cm³/mol. The van der Waals surface area contributed by atoms with Gasteiger partial charge in [-0.15, -0.1) is 0 Å². The number of benzene rings is 3. The van der Waals surface area contributed by atoms with E-state index in [-0.39, 0.29) is 39.3 Å². The van der Waals surface area contributed by atoms with Crippen LogP contribution >= 0.6 is 11.6 Å². The largest absolute Gasteiger partial charge is 0.506 e. The molecule has 10 heteroatoms. The topological polar surface area (TPSA) is 143 Å². The lowest BCUT2D eigenvalue weighted by atomic mass is 9.89. The first-order valence-electron chi connectivity index (χ1n) is 12.0. The Morgan fingerprint density at radius 3 is 2.46 bits per heavy atom. The Hall–Kier alpha value is -4.47. The summed E-state index contributed by atoms with van der Waals surface area (Å²) in [6, 6.07) is 16.0. The van der Waals surface area contributed by atoms with Crippen molar-refractivity contribution >= 4 is 40.1 Å². The Morgan fingerprint density at radius 2 is 1.74 bits per heavy atom. The van der Waals surface area contributed by atoms with E-state index in [9.17, 15) is 29.4 Å². The van der Waals surface area contributed by atoms with Gasteiger partial charge in [0.25, 0.3) is 0 Å². The number of carboxylic acid groups (broad SMARTS) is 1. The molecule has 1 aliphatic rings. The summed E-state index contributed by atoms with van der Waals surface area (Å²) >= 11 is 6.57. The number of carboxylic acids is 1. The van der Waals surface area contributed by atoms with Crippen molar-refractivity contribution in [1.82, 2.24) is 5.32 Å². The smallest absolute Gasteiger partial charge is 0.344 e. The van der Waals surface area contributed by atoms with Gasteiger partial charge in [-0.1, -0.05) is 60.1 Å². The van der Waals surface area contributed by atoms with Crippen LogP contribution in [0, 0.1) is 0 Å². The fourth-order valence-electron chi connectivity index (χ4n) is 4.75. The van der Waals surface area contributed by atoms with E-state index in [4.69, 9.17) is 20.8 Å². The first kappa shape index (κ1) is 26.1. The summed E-state index contributed by atoms with van der Waals surface area (Å²) in [7, 11) is 0. The van der Waals surface area contributed by atoms with Crippen LogP contribution in [0.15, 0.2) is 75.9 Å². The molecule has 198 valence electrons. The minimum atomic E-state index is -1.14. The fourth-order valence-corrected chi connectivity index (χ4v) is 5.07. The number of ketones is 1. The molecule has 3 N–H and O–H groups in total. The zero-order valence-electron chi connectivity index (χ0n) is 20.5. The molecule has 0 fully saturated rings. The fraction of sp³-hybridized carbons (Fsp3) is 0.172. The summed E-state index contributed by atoms with van der Waals surface area (Å²) in [5, 5.41) is 24.6. The number of phenols is 1. The van der Waals surface area contributed by atoms with Gasteiger partial charge in [0.1, 0.15) is 23.5 Å². The van der Waals surface area contributed by atoms with Crippen LogP contribution in [0.1, 0.15) is 50.6 Å². The average molecular weight is 548 g/mol. The lowest BCUT2D eigenvalue weighted by molar-refractivity contribution is -0.139. The number of hydrogen-bond acceptors (Lipinski definition) is 8.